The van der Waals surface area contributed by atoms with Crippen LogP contribution in [0.25, 0.3) is 0 Å². The first kappa shape index (κ1) is 18.3. The summed E-state index contributed by atoms with van der Waals surface area (Å²) in [6, 6.07) is 4.17. The second-order valence-electron chi connectivity index (χ2n) is 5.02. The van der Waals surface area contributed by atoms with Crippen LogP contribution in [0.5, 0.6) is 0 Å². The van der Waals surface area contributed by atoms with E-state index >= 15 is 0 Å². The summed E-state index contributed by atoms with van der Waals surface area (Å²) in [6.45, 7) is 5.22. The number of halogens is 2. The molecule has 0 heterocycles. The lowest BCUT2D eigenvalue weighted by Gasteiger charge is -2.19. The summed E-state index contributed by atoms with van der Waals surface area (Å²) in [5.41, 5.74) is 0.309. The number of rotatable bonds is 8. The summed E-state index contributed by atoms with van der Waals surface area (Å²) in [4.78, 5) is 0. The molecule has 21 heavy (non-hydrogen) atoms. The molecule has 2 N–H and O–H groups in total. The van der Waals surface area contributed by atoms with Crippen molar-refractivity contribution in [1.82, 2.24) is 9.62 Å². The SMILES string of the molecule is CC(C)NCCCN(C)S(=O)(=O)Nc1ccc(F)cc1Br. The zero-order chi connectivity index (χ0) is 16.0. The van der Waals surface area contributed by atoms with Crippen molar-refractivity contribution in [1.29, 1.82) is 0 Å². The lowest BCUT2D eigenvalue weighted by Crippen LogP contribution is -2.35. The quantitative estimate of drug-likeness (QED) is 0.680. The topological polar surface area (TPSA) is 61.4 Å². The van der Waals surface area contributed by atoms with E-state index in [4.69, 9.17) is 0 Å². The Hall–Kier alpha value is -0.700. The number of anilines is 1. The van der Waals surface area contributed by atoms with Crippen LogP contribution in [0.15, 0.2) is 22.7 Å². The molecule has 0 aliphatic heterocycles. The Bertz CT molecular complexity index is 567. The molecule has 0 spiro atoms. The van der Waals surface area contributed by atoms with Crippen molar-refractivity contribution in [2.24, 2.45) is 0 Å². The Morgan fingerprint density at radius 1 is 1.38 bits per heavy atom. The molecule has 0 aliphatic carbocycles. The lowest BCUT2D eigenvalue weighted by atomic mass is 10.3. The fourth-order valence-electron chi connectivity index (χ4n) is 1.60. The molecule has 0 radical (unpaired) electrons. The molecule has 0 amide bonds. The maximum Gasteiger partial charge on any atom is 0.301 e. The minimum atomic E-state index is -3.65. The Morgan fingerprint density at radius 2 is 2.05 bits per heavy atom. The summed E-state index contributed by atoms with van der Waals surface area (Å²) in [7, 11) is -2.14. The van der Waals surface area contributed by atoms with E-state index in [1.54, 1.807) is 0 Å². The summed E-state index contributed by atoms with van der Waals surface area (Å²) in [6.07, 6.45) is 0.709. The number of nitrogens with zero attached hydrogens (tertiary/aromatic N) is 1. The molecule has 1 aromatic rings. The smallest absolute Gasteiger partial charge is 0.301 e. The van der Waals surface area contributed by atoms with Crippen LogP contribution in [-0.4, -0.2) is 38.9 Å². The predicted molar refractivity (Wildman–Crippen MR) is 87.0 cm³/mol. The van der Waals surface area contributed by atoms with Gasteiger partial charge in [-0.3, -0.25) is 4.72 Å². The molecule has 1 rings (SSSR count). The van der Waals surface area contributed by atoms with E-state index in [2.05, 4.69) is 26.0 Å². The molecule has 120 valence electrons. The van der Waals surface area contributed by atoms with Gasteiger partial charge in [-0.2, -0.15) is 12.7 Å². The minimum absolute atomic E-state index is 0.309. The number of nitrogens with one attached hydrogen (secondary N) is 2. The van der Waals surface area contributed by atoms with Crippen molar-refractivity contribution >= 4 is 31.8 Å². The third-order valence-electron chi connectivity index (χ3n) is 2.78. The predicted octanol–water partition coefficient (Wildman–Crippen LogP) is 2.56. The van der Waals surface area contributed by atoms with Gasteiger partial charge in [0, 0.05) is 24.1 Å². The fraction of sp³-hybridized carbons (Fsp3) is 0.538. The van der Waals surface area contributed by atoms with E-state index in [0.717, 1.165) is 6.54 Å². The van der Waals surface area contributed by atoms with Crippen LogP contribution < -0.4 is 10.0 Å². The molecule has 8 heteroatoms. The van der Waals surface area contributed by atoms with Gasteiger partial charge in [-0.1, -0.05) is 13.8 Å². The van der Waals surface area contributed by atoms with Gasteiger partial charge in [-0.05, 0) is 47.1 Å². The van der Waals surface area contributed by atoms with Gasteiger partial charge in [0.2, 0.25) is 0 Å². The molecular formula is C13H21BrFN3O2S. The van der Waals surface area contributed by atoms with Gasteiger partial charge in [0.05, 0.1) is 5.69 Å². The molecule has 1 aromatic carbocycles. The minimum Gasteiger partial charge on any atom is -0.314 e. The summed E-state index contributed by atoms with van der Waals surface area (Å²) in [5.74, 6) is -0.432. The molecule has 0 saturated heterocycles. The van der Waals surface area contributed by atoms with Crippen molar-refractivity contribution in [2.75, 3.05) is 24.9 Å². The van der Waals surface area contributed by atoms with E-state index in [1.165, 1.54) is 29.6 Å². The van der Waals surface area contributed by atoms with Gasteiger partial charge >= 0.3 is 10.2 Å². The highest BCUT2D eigenvalue weighted by molar-refractivity contribution is 9.10. The van der Waals surface area contributed by atoms with Crippen LogP contribution in [0, 0.1) is 5.82 Å². The van der Waals surface area contributed by atoms with Crippen molar-refractivity contribution < 1.29 is 12.8 Å². The van der Waals surface area contributed by atoms with Crippen LogP contribution in [0.4, 0.5) is 10.1 Å². The Morgan fingerprint density at radius 3 is 2.62 bits per heavy atom. The first-order valence-electron chi connectivity index (χ1n) is 6.65. The van der Waals surface area contributed by atoms with Crippen LogP contribution in [0.2, 0.25) is 0 Å². The van der Waals surface area contributed by atoms with Crippen molar-refractivity contribution in [3.8, 4) is 0 Å². The van der Waals surface area contributed by atoms with Crippen molar-refractivity contribution in [2.45, 2.75) is 26.3 Å². The highest BCUT2D eigenvalue weighted by Crippen LogP contribution is 2.24. The van der Waals surface area contributed by atoms with Gasteiger partial charge in [0.1, 0.15) is 5.82 Å². The molecule has 0 atom stereocenters. The van der Waals surface area contributed by atoms with Gasteiger partial charge in [-0.25, -0.2) is 4.39 Å². The molecule has 0 fully saturated rings. The van der Waals surface area contributed by atoms with Crippen molar-refractivity contribution in [3.05, 3.63) is 28.5 Å². The molecule has 0 aliphatic rings. The van der Waals surface area contributed by atoms with E-state index in [-0.39, 0.29) is 0 Å². The van der Waals surface area contributed by atoms with Crippen LogP contribution in [-0.2, 0) is 10.2 Å². The molecule has 5 nitrogen and oxygen atoms in total. The van der Waals surface area contributed by atoms with Crippen LogP contribution in [0.1, 0.15) is 20.3 Å². The third-order valence-corrected chi connectivity index (χ3v) is 4.92. The summed E-state index contributed by atoms with van der Waals surface area (Å²) < 4.78 is 41.3. The highest BCUT2D eigenvalue weighted by Gasteiger charge is 2.18. The van der Waals surface area contributed by atoms with E-state index in [1.807, 2.05) is 13.8 Å². The first-order chi connectivity index (χ1) is 9.72. The normalized spacial score (nSPS) is 12.1. The van der Waals surface area contributed by atoms with E-state index < -0.39 is 16.0 Å². The molecule has 0 bridgehead atoms. The van der Waals surface area contributed by atoms with Gasteiger partial charge in [0.15, 0.2) is 0 Å². The summed E-state index contributed by atoms with van der Waals surface area (Å²) >= 11 is 3.13. The highest BCUT2D eigenvalue weighted by atomic mass is 79.9. The van der Waals surface area contributed by atoms with Crippen LogP contribution >= 0.6 is 15.9 Å². The molecule has 0 saturated carbocycles. The van der Waals surface area contributed by atoms with Crippen molar-refractivity contribution in [3.63, 3.8) is 0 Å². The average molecular weight is 382 g/mol. The summed E-state index contributed by atoms with van der Waals surface area (Å²) in [5, 5.41) is 3.23. The Balaban J connectivity index is 2.59. The number of hydrogen-bond acceptors (Lipinski definition) is 3. The van der Waals surface area contributed by atoms with Crippen LogP contribution in [0.3, 0.4) is 0 Å². The number of hydrogen-bond donors (Lipinski definition) is 2. The maximum atomic E-state index is 13.0. The van der Waals surface area contributed by atoms with E-state index in [9.17, 15) is 12.8 Å². The first-order valence-corrected chi connectivity index (χ1v) is 8.88. The number of benzene rings is 1. The standard InChI is InChI=1S/C13H21BrFN3O2S/c1-10(2)16-7-4-8-18(3)21(19,20)17-13-6-5-11(15)9-12(13)14/h5-6,9-10,16-17H,4,7-8H2,1-3H3. The Labute approximate surface area is 134 Å². The second-order valence-corrected chi connectivity index (χ2v) is 7.65. The monoisotopic (exact) mass is 381 g/mol. The average Bonchev–Trinajstić information content (AvgIpc) is 2.37. The molecular weight excluding hydrogens is 361 g/mol. The lowest BCUT2D eigenvalue weighted by molar-refractivity contribution is 0.451. The fourth-order valence-corrected chi connectivity index (χ4v) is 3.16. The largest absolute Gasteiger partial charge is 0.314 e. The second kappa shape index (κ2) is 8.07. The third kappa shape index (κ3) is 6.29. The van der Waals surface area contributed by atoms with Gasteiger partial charge in [-0.15, -0.1) is 0 Å². The van der Waals surface area contributed by atoms with Gasteiger partial charge in [0.25, 0.3) is 0 Å². The zero-order valence-electron chi connectivity index (χ0n) is 12.4. The molecule has 0 aromatic heterocycles. The van der Waals surface area contributed by atoms with E-state index in [0.29, 0.717) is 29.2 Å². The maximum absolute atomic E-state index is 13.0. The molecule has 0 unspecified atom stereocenters. The van der Waals surface area contributed by atoms with Gasteiger partial charge < -0.3 is 5.32 Å². The zero-order valence-corrected chi connectivity index (χ0v) is 14.8. The Kier molecular flexibility index (Phi) is 7.05.